The van der Waals surface area contributed by atoms with Crippen molar-refractivity contribution in [1.29, 1.82) is 0 Å². The zero-order chi connectivity index (χ0) is 16.3. The third-order valence-corrected chi connectivity index (χ3v) is 2.92. The van der Waals surface area contributed by atoms with Crippen LogP contribution in [0.5, 0.6) is 5.75 Å². The first kappa shape index (κ1) is 17.8. The summed E-state index contributed by atoms with van der Waals surface area (Å²) in [5.74, 6) is -0.593. The normalized spacial score (nSPS) is 12.1. The number of halogens is 4. The van der Waals surface area contributed by atoms with Gasteiger partial charge in [-0.15, -0.1) is 0 Å². The third-order valence-electron chi connectivity index (χ3n) is 2.27. The minimum atomic E-state index is -4.46. The third kappa shape index (κ3) is 6.81. The van der Waals surface area contributed by atoms with E-state index in [0.717, 1.165) is 0 Å². The summed E-state index contributed by atoms with van der Waals surface area (Å²) < 4.78 is 41.4. The van der Waals surface area contributed by atoms with Gasteiger partial charge in [-0.05, 0) is 48.0 Å². The number of ether oxygens (including phenoxy) is 1. The molecule has 118 valence electrons. The van der Waals surface area contributed by atoms with E-state index in [1.165, 1.54) is 32.0 Å². The van der Waals surface area contributed by atoms with Crippen LogP contribution in [0.3, 0.4) is 0 Å². The number of benzene rings is 1. The van der Waals surface area contributed by atoms with Crippen LogP contribution in [0.4, 0.5) is 13.2 Å². The molecule has 0 saturated heterocycles. The minimum absolute atomic E-state index is 0.0145. The smallest absolute Gasteiger partial charge is 0.422 e. The fraction of sp³-hybridized carbons (Fsp3) is 0.462. The molecule has 0 bridgehead atoms. The SMILES string of the molecule is CC(C)(O)CNC(=O)c1ccc(Br)c(OCC(F)(F)F)c1. The summed E-state index contributed by atoms with van der Waals surface area (Å²) in [4.78, 5) is 11.8. The first-order chi connectivity index (χ1) is 9.48. The van der Waals surface area contributed by atoms with Crippen LogP contribution in [-0.2, 0) is 0 Å². The van der Waals surface area contributed by atoms with Gasteiger partial charge >= 0.3 is 6.18 Å². The van der Waals surface area contributed by atoms with Crippen LogP contribution in [0, 0.1) is 0 Å². The van der Waals surface area contributed by atoms with Gasteiger partial charge in [0.05, 0.1) is 10.1 Å². The van der Waals surface area contributed by atoms with Crippen molar-refractivity contribution < 1.29 is 27.8 Å². The highest BCUT2D eigenvalue weighted by Gasteiger charge is 2.29. The van der Waals surface area contributed by atoms with Gasteiger partial charge in [-0.25, -0.2) is 0 Å². The summed E-state index contributed by atoms with van der Waals surface area (Å²) in [6.07, 6.45) is -4.46. The van der Waals surface area contributed by atoms with E-state index in [-0.39, 0.29) is 17.9 Å². The van der Waals surface area contributed by atoms with Crippen molar-refractivity contribution in [3.8, 4) is 5.75 Å². The molecule has 1 rings (SSSR count). The summed E-state index contributed by atoms with van der Waals surface area (Å²) in [6.45, 7) is 1.61. The van der Waals surface area contributed by atoms with Gasteiger partial charge < -0.3 is 15.2 Å². The van der Waals surface area contributed by atoms with Crippen LogP contribution in [0.1, 0.15) is 24.2 Å². The minimum Gasteiger partial charge on any atom is -0.483 e. The van der Waals surface area contributed by atoms with Gasteiger partial charge in [0.2, 0.25) is 0 Å². The Balaban J connectivity index is 2.79. The summed E-state index contributed by atoms with van der Waals surface area (Å²) in [5, 5.41) is 12.0. The van der Waals surface area contributed by atoms with Crippen LogP contribution in [0.2, 0.25) is 0 Å². The topological polar surface area (TPSA) is 58.6 Å². The lowest BCUT2D eigenvalue weighted by atomic mass is 10.1. The second kappa shape index (κ2) is 6.65. The molecule has 8 heteroatoms. The van der Waals surface area contributed by atoms with E-state index in [4.69, 9.17) is 0 Å². The zero-order valence-electron chi connectivity index (χ0n) is 11.4. The molecule has 0 aliphatic rings. The van der Waals surface area contributed by atoms with E-state index in [1.54, 1.807) is 0 Å². The van der Waals surface area contributed by atoms with Crippen LogP contribution in [-0.4, -0.2) is 35.9 Å². The molecule has 21 heavy (non-hydrogen) atoms. The molecular weight excluding hydrogens is 355 g/mol. The average molecular weight is 370 g/mol. The maximum absolute atomic E-state index is 12.1. The largest absolute Gasteiger partial charge is 0.483 e. The number of rotatable bonds is 5. The molecule has 0 atom stereocenters. The number of carbonyl (C=O) groups is 1. The fourth-order valence-corrected chi connectivity index (χ4v) is 1.67. The molecule has 1 aromatic carbocycles. The molecule has 0 aliphatic heterocycles. The molecule has 2 N–H and O–H groups in total. The molecule has 0 unspecified atom stereocenters. The Bertz CT molecular complexity index is 512. The van der Waals surface area contributed by atoms with Gasteiger partial charge in [-0.3, -0.25) is 4.79 Å². The molecule has 0 saturated carbocycles. The van der Waals surface area contributed by atoms with E-state index in [1.807, 2.05) is 0 Å². The molecular formula is C13H15BrF3NO3. The van der Waals surface area contributed by atoms with Crippen molar-refractivity contribution in [2.45, 2.75) is 25.6 Å². The molecule has 0 heterocycles. The van der Waals surface area contributed by atoms with Gasteiger partial charge in [-0.2, -0.15) is 13.2 Å². The van der Waals surface area contributed by atoms with Gasteiger partial charge in [0, 0.05) is 12.1 Å². The monoisotopic (exact) mass is 369 g/mol. The highest BCUT2D eigenvalue weighted by Crippen LogP contribution is 2.28. The van der Waals surface area contributed by atoms with Gasteiger partial charge in [0.15, 0.2) is 6.61 Å². The highest BCUT2D eigenvalue weighted by molar-refractivity contribution is 9.10. The molecule has 0 radical (unpaired) electrons. The van der Waals surface area contributed by atoms with Crippen LogP contribution < -0.4 is 10.1 Å². The average Bonchev–Trinajstić information content (AvgIpc) is 2.33. The molecule has 1 amide bonds. The van der Waals surface area contributed by atoms with Gasteiger partial charge in [0.1, 0.15) is 5.75 Å². The number of amides is 1. The first-order valence-electron chi connectivity index (χ1n) is 5.98. The van der Waals surface area contributed by atoms with Gasteiger partial charge in [-0.1, -0.05) is 0 Å². The summed E-state index contributed by atoms with van der Waals surface area (Å²) in [6, 6.07) is 4.06. The summed E-state index contributed by atoms with van der Waals surface area (Å²) in [7, 11) is 0. The van der Waals surface area contributed by atoms with Crippen molar-refractivity contribution in [3.63, 3.8) is 0 Å². The number of alkyl halides is 3. The van der Waals surface area contributed by atoms with Crippen LogP contribution >= 0.6 is 15.9 Å². The number of aliphatic hydroxyl groups is 1. The van der Waals surface area contributed by atoms with E-state index in [9.17, 15) is 23.1 Å². The predicted molar refractivity (Wildman–Crippen MR) is 74.3 cm³/mol. The van der Waals surface area contributed by atoms with Crippen molar-refractivity contribution in [3.05, 3.63) is 28.2 Å². The summed E-state index contributed by atoms with van der Waals surface area (Å²) >= 11 is 3.05. The predicted octanol–water partition coefficient (Wildman–Crippen LogP) is 2.89. The molecule has 0 aliphatic carbocycles. The zero-order valence-corrected chi connectivity index (χ0v) is 13.0. The second-order valence-electron chi connectivity index (χ2n) is 5.04. The fourth-order valence-electron chi connectivity index (χ4n) is 1.31. The Morgan fingerprint density at radius 3 is 2.52 bits per heavy atom. The van der Waals surface area contributed by atoms with E-state index in [2.05, 4.69) is 26.0 Å². The molecule has 0 spiro atoms. The number of hydrogen-bond acceptors (Lipinski definition) is 3. The lowest BCUT2D eigenvalue weighted by Crippen LogP contribution is -2.38. The number of nitrogens with one attached hydrogen (secondary N) is 1. The lowest BCUT2D eigenvalue weighted by Gasteiger charge is -2.18. The Labute approximate surface area is 128 Å². The van der Waals surface area contributed by atoms with E-state index in [0.29, 0.717) is 4.47 Å². The van der Waals surface area contributed by atoms with Crippen molar-refractivity contribution in [2.24, 2.45) is 0 Å². The van der Waals surface area contributed by atoms with Crippen molar-refractivity contribution in [1.82, 2.24) is 5.32 Å². The molecule has 0 fully saturated rings. The van der Waals surface area contributed by atoms with E-state index >= 15 is 0 Å². The second-order valence-corrected chi connectivity index (χ2v) is 5.90. The van der Waals surface area contributed by atoms with Gasteiger partial charge in [0.25, 0.3) is 5.91 Å². The van der Waals surface area contributed by atoms with Crippen molar-refractivity contribution >= 4 is 21.8 Å². The molecule has 0 aromatic heterocycles. The Kier molecular flexibility index (Phi) is 5.63. The number of carbonyl (C=O) groups excluding carboxylic acids is 1. The van der Waals surface area contributed by atoms with E-state index < -0.39 is 24.3 Å². The Morgan fingerprint density at radius 2 is 2.00 bits per heavy atom. The summed E-state index contributed by atoms with van der Waals surface area (Å²) in [5.41, 5.74) is -0.944. The molecule has 4 nitrogen and oxygen atoms in total. The molecule has 1 aromatic rings. The highest BCUT2D eigenvalue weighted by atomic mass is 79.9. The Morgan fingerprint density at radius 1 is 1.38 bits per heavy atom. The maximum atomic E-state index is 12.1. The van der Waals surface area contributed by atoms with Crippen molar-refractivity contribution in [2.75, 3.05) is 13.2 Å². The van der Waals surface area contributed by atoms with Crippen LogP contribution in [0.15, 0.2) is 22.7 Å². The Hall–Kier alpha value is -1.28. The van der Waals surface area contributed by atoms with Crippen LogP contribution in [0.25, 0.3) is 0 Å². The lowest BCUT2D eigenvalue weighted by molar-refractivity contribution is -0.153. The quantitative estimate of drug-likeness (QED) is 0.838. The first-order valence-corrected chi connectivity index (χ1v) is 6.77. The maximum Gasteiger partial charge on any atom is 0.422 e. The number of hydrogen-bond donors (Lipinski definition) is 2. The standard InChI is InChI=1S/C13H15BrF3NO3/c1-12(2,20)6-18-11(19)8-3-4-9(14)10(5-8)21-7-13(15,16)17/h3-5,20H,6-7H2,1-2H3,(H,18,19).